The van der Waals surface area contributed by atoms with Crippen molar-refractivity contribution >= 4 is 12.4 Å². The van der Waals surface area contributed by atoms with Crippen molar-refractivity contribution in [1.82, 2.24) is 9.80 Å². The van der Waals surface area contributed by atoms with Crippen molar-refractivity contribution in [2.45, 2.75) is 77.4 Å². The highest BCUT2D eigenvalue weighted by Gasteiger charge is 2.45. The molecule has 0 bridgehead atoms. The molecule has 178 valence electrons. The monoisotopic (exact) mass is 450 g/mol. The summed E-state index contributed by atoms with van der Waals surface area (Å²) in [6.45, 7) is 10.3. The van der Waals surface area contributed by atoms with E-state index >= 15 is 0 Å². The lowest BCUT2D eigenvalue weighted by Crippen LogP contribution is -2.45. The molecule has 2 heterocycles. The van der Waals surface area contributed by atoms with Gasteiger partial charge >= 0.3 is 0 Å². The zero-order valence-corrected chi connectivity index (χ0v) is 20.3. The third-order valence-electron chi connectivity index (χ3n) is 7.20. The average molecular weight is 451 g/mol. The van der Waals surface area contributed by atoms with Gasteiger partial charge in [0.15, 0.2) is 0 Å². The van der Waals surface area contributed by atoms with Crippen LogP contribution >= 0.6 is 0 Å². The fourth-order valence-electron chi connectivity index (χ4n) is 5.18. The molecule has 1 spiro atoms. The van der Waals surface area contributed by atoms with Gasteiger partial charge in [-0.15, -0.1) is 0 Å². The largest absolute Gasteiger partial charge is 0.483 e. The van der Waals surface area contributed by atoms with Gasteiger partial charge in [0.1, 0.15) is 0 Å². The summed E-state index contributed by atoms with van der Waals surface area (Å²) in [7, 11) is 0. The number of benzene rings is 2. The van der Waals surface area contributed by atoms with Gasteiger partial charge in [0.05, 0.1) is 0 Å². The van der Waals surface area contributed by atoms with E-state index in [1.165, 1.54) is 28.7 Å². The first-order valence-electron chi connectivity index (χ1n) is 12.1. The van der Waals surface area contributed by atoms with Gasteiger partial charge in [0.2, 0.25) is 5.91 Å². The number of amides is 1. The highest BCUT2D eigenvalue weighted by atomic mass is 16.3. The second-order valence-electron chi connectivity index (χ2n) is 9.82. The number of hydrogen-bond acceptors (Lipinski definition) is 3. The minimum Gasteiger partial charge on any atom is -0.483 e. The van der Waals surface area contributed by atoms with Crippen molar-refractivity contribution in [1.29, 1.82) is 0 Å². The van der Waals surface area contributed by atoms with Crippen LogP contribution in [0.1, 0.15) is 74.1 Å². The second-order valence-corrected chi connectivity index (χ2v) is 9.82. The van der Waals surface area contributed by atoms with Crippen molar-refractivity contribution in [3.8, 4) is 0 Å². The van der Waals surface area contributed by atoms with Crippen LogP contribution in [-0.2, 0) is 22.7 Å². The molecule has 1 atom stereocenters. The van der Waals surface area contributed by atoms with E-state index in [0.29, 0.717) is 18.2 Å². The smallest absolute Gasteiger partial charge is 0.290 e. The summed E-state index contributed by atoms with van der Waals surface area (Å²) in [5.74, 6) is 0.921. The van der Waals surface area contributed by atoms with Crippen LogP contribution in [0.2, 0.25) is 0 Å². The minimum absolute atomic E-state index is 0.0538. The lowest BCUT2D eigenvalue weighted by molar-refractivity contribution is -0.132. The molecule has 33 heavy (non-hydrogen) atoms. The van der Waals surface area contributed by atoms with Crippen LogP contribution in [0.5, 0.6) is 0 Å². The summed E-state index contributed by atoms with van der Waals surface area (Å²) in [6.07, 6.45) is 5.13. The number of carbonyl (C=O) groups excluding carboxylic acids is 1. The van der Waals surface area contributed by atoms with E-state index in [2.05, 4.69) is 79.1 Å². The van der Waals surface area contributed by atoms with E-state index in [1.54, 1.807) is 0 Å². The predicted octanol–water partition coefficient (Wildman–Crippen LogP) is 5.37. The first kappa shape index (κ1) is 25.0. The molecule has 0 aliphatic carbocycles. The third-order valence-corrected chi connectivity index (χ3v) is 7.20. The molecule has 2 fully saturated rings. The van der Waals surface area contributed by atoms with Crippen molar-refractivity contribution in [3.63, 3.8) is 0 Å². The maximum Gasteiger partial charge on any atom is 0.290 e. The lowest BCUT2D eigenvalue weighted by atomic mass is 9.87. The molecule has 2 aliphatic rings. The molecular weight excluding hydrogens is 412 g/mol. The fourth-order valence-corrected chi connectivity index (χ4v) is 5.18. The highest BCUT2D eigenvalue weighted by molar-refractivity contribution is 5.79. The molecule has 1 unspecified atom stereocenters. The molecule has 2 saturated heterocycles. The van der Waals surface area contributed by atoms with Crippen molar-refractivity contribution < 1.29 is 14.7 Å². The Morgan fingerprint density at radius 2 is 1.55 bits per heavy atom. The van der Waals surface area contributed by atoms with Gasteiger partial charge in [0.25, 0.3) is 6.47 Å². The summed E-state index contributed by atoms with van der Waals surface area (Å²) in [4.78, 5) is 26.0. The number of hydrogen-bond donors (Lipinski definition) is 1. The zero-order valence-electron chi connectivity index (χ0n) is 20.3. The standard InChI is InChI=1S/C27H36N2O.CH2O2/c1-21(2)25-11-9-23(10-12-25)19-28-17-4-14-27(16-18-28)15-13-26(30)29(27)20-24-7-5-22(3)6-8-24;2-1-3/h5-12,21H,4,13-20H2,1-3H3;1H,(H,2,3). The van der Waals surface area contributed by atoms with E-state index in [4.69, 9.17) is 9.90 Å². The topological polar surface area (TPSA) is 60.9 Å². The highest BCUT2D eigenvalue weighted by Crippen LogP contribution is 2.40. The molecule has 4 rings (SSSR count). The van der Waals surface area contributed by atoms with Crippen LogP contribution in [0.4, 0.5) is 0 Å². The molecule has 2 aromatic carbocycles. The molecule has 0 saturated carbocycles. The molecular formula is C28H38N2O3. The molecule has 5 heteroatoms. The Kier molecular flexibility index (Phi) is 8.67. The van der Waals surface area contributed by atoms with Gasteiger partial charge in [-0.25, -0.2) is 0 Å². The van der Waals surface area contributed by atoms with Crippen LogP contribution in [0.3, 0.4) is 0 Å². The molecule has 5 nitrogen and oxygen atoms in total. The van der Waals surface area contributed by atoms with E-state index in [1.807, 2.05) is 0 Å². The lowest BCUT2D eigenvalue weighted by Gasteiger charge is -2.38. The third kappa shape index (κ3) is 6.44. The maximum absolute atomic E-state index is 12.8. The van der Waals surface area contributed by atoms with Gasteiger partial charge in [-0.05, 0) is 61.8 Å². The van der Waals surface area contributed by atoms with Crippen LogP contribution < -0.4 is 0 Å². The number of nitrogens with zero attached hydrogens (tertiary/aromatic N) is 2. The Balaban J connectivity index is 0.000000968. The quantitative estimate of drug-likeness (QED) is 0.623. The average Bonchev–Trinajstić information content (AvgIpc) is 2.96. The van der Waals surface area contributed by atoms with Crippen molar-refractivity contribution in [2.24, 2.45) is 0 Å². The molecule has 0 radical (unpaired) electrons. The number of carboxylic acid groups (broad SMARTS) is 1. The Labute approximate surface area is 198 Å². The van der Waals surface area contributed by atoms with Gasteiger partial charge in [0, 0.05) is 31.6 Å². The molecule has 1 N–H and O–H groups in total. The Morgan fingerprint density at radius 1 is 0.939 bits per heavy atom. The zero-order chi connectivity index (χ0) is 23.8. The summed E-state index contributed by atoms with van der Waals surface area (Å²) < 4.78 is 0. The van der Waals surface area contributed by atoms with Crippen molar-refractivity contribution in [2.75, 3.05) is 13.1 Å². The van der Waals surface area contributed by atoms with Crippen LogP contribution in [0, 0.1) is 6.92 Å². The van der Waals surface area contributed by atoms with E-state index in [0.717, 1.165) is 45.4 Å². The molecule has 2 aliphatic heterocycles. The molecule has 2 aromatic rings. The Bertz CT molecular complexity index is 908. The first-order valence-corrected chi connectivity index (χ1v) is 12.1. The van der Waals surface area contributed by atoms with Gasteiger partial charge < -0.3 is 10.0 Å². The summed E-state index contributed by atoms with van der Waals surface area (Å²) in [6, 6.07) is 17.8. The van der Waals surface area contributed by atoms with Gasteiger partial charge in [-0.1, -0.05) is 67.9 Å². The second kappa shape index (κ2) is 11.5. The molecule has 1 amide bonds. The minimum atomic E-state index is -0.250. The number of rotatable bonds is 5. The van der Waals surface area contributed by atoms with E-state index < -0.39 is 0 Å². The number of likely N-dealkylation sites (tertiary alicyclic amines) is 2. The Hall–Kier alpha value is -2.66. The van der Waals surface area contributed by atoms with Crippen LogP contribution in [0.25, 0.3) is 0 Å². The number of carbonyl (C=O) groups is 2. The first-order chi connectivity index (χ1) is 15.9. The summed E-state index contributed by atoms with van der Waals surface area (Å²) in [5, 5.41) is 6.89. The van der Waals surface area contributed by atoms with Crippen LogP contribution in [0.15, 0.2) is 48.5 Å². The normalized spacial score (nSPS) is 21.1. The van der Waals surface area contributed by atoms with Crippen LogP contribution in [-0.4, -0.2) is 45.9 Å². The predicted molar refractivity (Wildman–Crippen MR) is 132 cm³/mol. The Morgan fingerprint density at radius 3 is 2.18 bits per heavy atom. The fraction of sp³-hybridized carbons (Fsp3) is 0.500. The van der Waals surface area contributed by atoms with Crippen molar-refractivity contribution in [3.05, 3.63) is 70.8 Å². The molecule has 0 aromatic heterocycles. The summed E-state index contributed by atoms with van der Waals surface area (Å²) in [5.41, 5.74) is 5.38. The van der Waals surface area contributed by atoms with Gasteiger partial charge in [-0.3, -0.25) is 14.5 Å². The maximum atomic E-state index is 12.8. The SMILES string of the molecule is Cc1ccc(CN2C(=O)CCC23CCCN(Cc2ccc(C(C)C)cc2)CC3)cc1.O=CO. The summed E-state index contributed by atoms with van der Waals surface area (Å²) >= 11 is 0. The van der Waals surface area contributed by atoms with Gasteiger partial charge in [-0.2, -0.15) is 0 Å². The van der Waals surface area contributed by atoms with E-state index in [-0.39, 0.29) is 12.0 Å². The van der Waals surface area contributed by atoms with E-state index in [9.17, 15) is 4.79 Å². The number of aryl methyl sites for hydroxylation is 1.